The van der Waals surface area contributed by atoms with Crippen molar-refractivity contribution < 1.29 is 9.32 Å². The molecule has 0 spiro atoms. The van der Waals surface area contributed by atoms with Crippen molar-refractivity contribution in [3.8, 4) is 0 Å². The Kier molecular flexibility index (Phi) is 7.34. The van der Waals surface area contributed by atoms with Crippen LogP contribution >= 0.6 is 27.7 Å². The predicted octanol–water partition coefficient (Wildman–Crippen LogP) is 5.79. The fraction of sp³-hybridized carbons (Fsp3) is 0.273. The Labute approximate surface area is 178 Å². The van der Waals surface area contributed by atoms with Crippen molar-refractivity contribution >= 4 is 33.6 Å². The molecule has 0 saturated heterocycles. The smallest absolute Gasteiger partial charge is 0.252 e. The lowest BCUT2D eigenvalue weighted by atomic mass is 10.1. The molecule has 0 bridgehead atoms. The number of hydrogen-bond acceptors (Lipinski definition) is 4. The van der Waals surface area contributed by atoms with Crippen LogP contribution in [0.1, 0.15) is 40.7 Å². The third-order valence-electron chi connectivity index (χ3n) is 4.34. The molecule has 1 atom stereocenters. The third-order valence-corrected chi connectivity index (χ3v) is 5.96. The van der Waals surface area contributed by atoms with Gasteiger partial charge in [-0.3, -0.25) is 4.79 Å². The number of benzene rings is 2. The predicted molar refractivity (Wildman–Crippen MR) is 117 cm³/mol. The molecule has 1 amide bonds. The van der Waals surface area contributed by atoms with E-state index in [9.17, 15) is 4.79 Å². The van der Waals surface area contributed by atoms with Gasteiger partial charge in [0, 0.05) is 21.5 Å². The summed E-state index contributed by atoms with van der Waals surface area (Å²) >= 11 is 5.03. The van der Waals surface area contributed by atoms with Crippen LogP contribution in [0.15, 0.2) is 68.5 Å². The maximum absolute atomic E-state index is 12.8. The SMILES string of the molecule is Cc1cc(CSc2ccccc2C(=O)NC(C)CCc2ccc(Br)cc2)on1. The van der Waals surface area contributed by atoms with Crippen molar-refractivity contribution in [3.63, 3.8) is 0 Å². The Morgan fingerprint density at radius 3 is 2.68 bits per heavy atom. The molecule has 3 aromatic rings. The number of rotatable bonds is 8. The summed E-state index contributed by atoms with van der Waals surface area (Å²) < 4.78 is 6.33. The Morgan fingerprint density at radius 1 is 1.21 bits per heavy atom. The van der Waals surface area contributed by atoms with Crippen molar-refractivity contribution in [3.05, 3.63) is 81.7 Å². The highest BCUT2D eigenvalue weighted by Gasteiger charge is 2.14. The van der Waals surface area contributed by atoms with Crippen molar-refractivity contribution in [2.45, 2.75) is 43.4 Å². The summed E-state index contributed by atoms with van der Waals surface area (Å²) in [5, 5.41) is 7.03. The fourth-order valence-electron chi connectivity index (χ4n) is 2.82. The minimum absolute atomic E-state index is 0.0415. The van der Waals surface area contributed by atoms with Gasteiger partial charge in [-0.25, -0.2) is 0 Å². The normalized spacial score (nSPS) is 12.0. The Bertz CT molecular complexity index is 924. The van der Waals surface area contributed by atoms with E-state index in [1.54, 1.807) is 11.8 Å². The van der Waals surface area contributed by atoms with Crippen LogP contribution in [0.25, 0.3) is 0 Å². The maximum atomic E-state index is 12.8. The second kappa shape index (κ2) is 9.94. The van der Waals surface area contributed by atoms with Crippen LogP contribution < -0.4 is 5.32 Å². The van der Waals surface area contributed by atoms with Gasteiger partial charge in [-0.2, -0.15) is 0 Å². The van der Waals surface area contributed by atoms with Gasteiger partial charge in [0.25, 0.3) is 5.91 Å². The minimum atomic E-state index is -0.0415. The van der Waals surface area contributed by atoms with Crippen LogP contribution in [-0.2, 0) is 12.2 Å². The summed E-state index contributed by atoms with van der Waals surface area (Å²) in [5.41, 5.74) is 2.82. The van der Waals surface area contributed by atoms with Gasteiger partial charge in [0.15, 0.2) is 0 Å². The molecule has 0 aliphatic heterocycles. The summed E-state index contributed by atoms with van der Waals surface area (Å²) in [6, 6.07) is 18.0. The molecular formula is C22H23BrN2O2S. The van der Waals surface area contributed by atoms with Gasteiger partial charge in [0.2, 0.25) is 0 Å². The topological polar surface area (TPSA) is 55.1 Å². The molecule has 1 unspecified atom stereocenters. The standard InChI is InChI=1S/C22H23BrN2O2S/c1-15(7-8-17-9-11-18(23)12-10-17)24-22(26)20-5-3-4-6-21(20)28-14-19-13-16(2)25-27-19/h3-6,9-13,15H,7-8,14H2,1-2H3,(H,24,26). The lowest BCUT2D eigenvalue weighted by molar-refractivity contribution is 0.0935. The summed E-state index contributed by atoms with van der Waals surface area (Å²) in [4.78, 5) is 13.7. The fourth-order valence-corrected chi connectivity index (χ4v) is 4.01. The molecule has 0 aliphatic carbocycles. The van der Waals surface area contributed by atoms with Crippen molar-refractivity contribution in [2.75, 3.05) is 0 Å². The first kappa shape index (κ1) is 20.7. The second-order valence-corrected chi connectivity index (χ2v) is 8.69. The summed E-state index contributed by atoms with van der Waals surface area (Å²) in [7, 11) is 0. The molecule has 28 heavy (non-hydrogen) atoms. The molecule has 1 aromatic heterocycles. The van der Waals surface area contributed by atoms with E-state index in [0.29, 0.717) is 11.3 Å². The number of halogens is 1. The van der Waals surface area contributed by atoms with Gasteiger partial charge in [-0.05, 0) is 56.5 Å². The third kappa shape index (κ3) is 5.97. The molecule has 2 aromatic carbocycles. The van der Waals surface area contributed by atoms with Gasteiger partial charge < -0.3 is 9.84 Å². The first-order valence-corrected chi connectivity index (χ1v) is 11.0. The van der Waals surface area contributed by atoms with Crippen LogP contribution in [0.3, 0.4) is 0 Å². The van der Waals surface area contributed by atoms with E-state index in [4.69, 9.17) is 4.52 Å². The second-order valence-electron chi connectivity index (χ2n) is 6.76. The largest absolute Gasteiger partial charge is 0.360 e. The minimum Gasteiger partial charge on any atom is -0.360 e. The summed E-state index contributed by atoms with van der Waals surface area (Å²) in [6.45, 7) is 3.94. The zero-order valence-electron chi connectivity index (χ0n) is 15.9. The number of thioether (sulfide) groups is 1. The first-order valence-electron chi connectivity index (χ1n) is 9.20. The Balaban J connectivity index is 1.56. The molecule has 0 fully saturated rings. The molecule has 0 saturated carbocycles. The van der Waals surface area contributed by atoms with E-state index in [1.165, 1.54) is 5.56 Å². The monoisotopic (exact) mass is 458 g/mol. The zero-order valence-corrected chi connectivity index (χ0v) is 18.3. The molecular weight excluding hydrogens is 436 g/mol. The van der Waals surface area contributed by atoms with Crippen LogP contribution in [0.4, 0.5) is 0 Å². The number of amides is 1. The highest BCUT2D eigenvalue weighted by Crippen LogP contribution is 2.26. The number of carbonyl (C=O) groups is 1. The molecule has 0 aliphatic rings. The van der Waals surface area contributed by atoms with Crippen LogP contribution in [0, 0.1) is 6.92 Å². The number of aryl methyl sites for hydroxylation is 2. The molecule has 4 nitrogen and oxygen atoms in total. The van der Waals surface area contributed by atoms with Gasteiger partial charge in [0.05, 0.1) is 17.0 Å². The quantitative estimate of drug-likeness (QED) is 0.434. The highest BCUT2D eigenvalue weighted by molar-refractivity contribution is 9.10. The van der Waals surface area contributed by atoms with Gasteiger partial charge in [-0.1, -0.05) is 45.4 Å². The molecule has 3 rings (SSSR count). The van der Waals surface area contributed by atoms with E-state index in [-0.39, 0.29) is 11.9 Å². The van der Waals surface area contributed by atoms with Crippen LogP contribution in [-0.4, -0.2) is 17.1 Å². The number of nitrogens with zero attached hydrogens (tertiary/aromatic N) is 1. The van der Waals surface area contributed by atoms with Gasteiger partial charge in [0.1, 0.15) is 5.76 Å². The van der Waals surface area contributed by atoms with E-state index in [2.05, 4.69) is 38.5 Å². The number of aromatic nitrogens is 1. The van der Waals surface area contributed by atoms with Crippen LogP contribution in [0.5, 0.6) is 0 Å². The number of nitrogens with one attached hydrogen (secondary N) is 1. The molecule has 1 heterocycles. The van der Waals surface area contributed by atoms with Gasteiger partial charge in [-0.15, -0.1) is 11.8 Å². The molecule has 6 heteroatoms. The van der Waals surface area contributed by atoms with Crippen molar-refractivity contribution in [1.29, 1.82) is 0 Å². The molecule has 0 radical (unpaired) electrons. The lowest BCUT2D eigenvalue weighted by Crippen LogP contribution is -2.33. The molecule has 146 valence electrons. The number of carbonyl (C=O) groups excluding carboxylic acids is 1. The van der Waals surface area contributed by atoms with E-state index < -0.39 is 0 Å². The average molecular weight is 459 g/mol. The molecule has 1 N–H and O–H groups in total. The Morgan fingerprint density at radius 2 is 1.96 bits per heavy atom. The van der Waals surface area contributed by atoms with Crippen molar-refractivity contribution in [1.82, 2.24) is 10.5 Å². The van der Waals surface area contributed by atoms with Crippen LogP contribution in [0.2, 0.25) is 0 Å². The van der Waals surface area contributed by atoms with Crippen molar-refractivity contribution in [2.24, 2.45) is 0 Å². The van der Waals surface area contributed by atoms with E-state index >= 15 is 0 Å². The Hall–Kier alpha value is -2.05. The summed E-state index contributed by atoms with van der Waals surface area (Å²) in [5.74, 6) is 1.41. The lowest BCUT2D eigenvalue weighted by Gasteiger charge is -2.15. The highest BCUT2D eigenvalue weighted by atomic mass is 79.9. The summed E-state index contributed by atoms with van der Waals surface area (Å²) in [6.07, 6.45) is 1.82. The zero-order chi connectivity index (χ0) is 19.9. The number of hydrogen-bond donors (Lipinski definition) is 1. The maximum Gasteiger partial charge on any atom is 0.252 e. The van der Waals surface area contributed by atoms with Gasteiger partial charge >= 0.3 is 0 Å². The van der Waals surface area contributed by atoms with E-state index in [1.807, 2.05) is 56.3 Å². The average Bonchev–Trinajstić information content (AvgIpc) is 3.11. The van der Waals surface area contributed by atoms with E-state index in [0.717, 1.165) is 33.7 Å². The first-order chi connectivity index (χ1) is 13.5.